The maximum atomic E-state index is 13.2. The van der Waals surface area contributed by atoms with Gasteiger partial charge in [0, 0.05) is 31.6 Å². The summed E-state index contributed by atoms with van der Waals surface area (Å²) in [6.07, 6.45) is -1.69. The molecule has 2 saturated heterocycles. The van der Waals surface area contributed by atoms with E-state index in [0.717, 1.165) is 25.1 Å². The molecule has 10 heteroatoms. The van der Waals surface area contributed by atoms with Crippen molar-refractivity contribution in [3.63, 3.8) is 0 Å². The topological polar surface area (TPSA) is 68.4 Å². The number of halogens is 3. The Labute approximate surface area is 184 Å². The van der Waals surface area contributed by atoms with Crippen molar-refractivity contribution in [1.82, 2.24) is 20.4 Å². The molecule has 5 unspecified atom stereocenters. The fourth-order valence-electron chi connectivity index (χ4n) is 5.19. The highest BCUT2D eigenvalue weighted by molar-refractivity contribution is 7.99. The van der Waals surface area contributed by atoms with E-state index in [-0.39, 0.29) is 36.1 Å². The van der Waals surface area contributed by atoms with E-state index in [1.54, 1.807) is 0 Å². The Morgan fingerprint density at radius 3 is 2.81 bits per heavy atom. The van der Waals surface area contributed by atoms with Crippen LogP contribution in [0.4, 0.5) is 18.9 Å². The molecule has 3 fully saturated rings. The Kier molecular flexibility index (Phi) is 5.60. The molecule has 3 heterocycles. The SMILES string of the molecule is CN1Cc2cccc(C3NSC(C(=O)NC4CCNC(C(F)(F)F)C4)C3C3CC3)c2N1. The molecule has 1 amide bonds. The average molecular weight is 456 g/mol. The zero-order valence-electron chi connectivity index (χ0n) is 17.3. The smallest absolute Gasteiger partial charge is 0.352 e. The van der Waals surface area contributed by atoms with Gasteiger partial charge in [-0.15, -0.1) is 0 Å². The van der Waals surface area contributed by atoms with Gasteiger partial charge in [-0.3, -0.25) is 9.52 Å². The molecule has 4 aliphatic rings. The zero-order valence-corrected chi connectivity index (χ0v) is 18.2. The summed E-state index contributed by atoms with van der Waals surface area (Å²) in [5.41, 5.74) is 6.94. The quantitative estimate of drug-likeness (QED) is 0.524. The van der Waals surface area contributed by atoms with Crippen molar-refractivity contribution in [3.05, 3.63) is 29.3 Å². The number of nitrogens with zero attached hydrogens (tertiary/aromatic N) is 1. The summed E-state index contributed by atoms with van der Waals surface area (Å²) in [6, 6.07) is 4.32. The molecular formula is C21H28F3N5OS. The molecule has 1 aliphatic carbocycles. The normalized spacial score (nSPS) is 33.7. The number of hydrazine groups is 1. The number of rotatable bonds is 4. The van der Waals surface area contributed by atoms with E-state index >= 15 is 0 Å². The number of amides is 1. The highest BCUT2D eigenvalue weighted by atomic mass is 32.2. The van der Waals surface area contributed by atoms with Crippen molar-refractivity contribution in [1.29, 1.82) is 0 Å². The number of alkyl halides is 3. The molecule has 5 rings (SSSR count). The largest absolute Gasteiger partial charge is 0.403 e. The van der Waals surface area contributed by atoms with Crippen molar-refractivity contribution in [2.45, 2.75) is 61.8 Å². The van der Waals surface area contributed by atoms with Crippen molar-refractivity contribution in [2.24, 2.45) is 11.8 Å². The highest BCUT2D eigenvalue weighted by Crippen LogP contribution is 2.53. The van der Waals surface area contributed by atoms with Crippen molar-refractivity contribution >= 4 is 23.5 Å². The van der Waals surface area contributed by atoms with Gasteiger partial charge in [-0.2, -0.15) is 13.2 Å². The van der Waals surface area contributed by atoms with Crippen molar-refractivity contribution < 1.29 is 18.0 Å². The maximum absolute atomic E-state index is 13.2. The third-order valence-corrected chi connectivity index (χ3v) is 8.03. The lowest BCUT2D eigenvalue weighted by molar-refractivity contribution is -0.162. The van der Waals surface area contributed by atoms with Crippen LogP contribution < -0.4 is 20.8 Å². The Hall–Kier alpha value is -1.49. The number of fused-ring (bicyclic) bond motifs is 1. The minimum absolute atomic E-state index is 0.0400. The summed E-state index contributed by atoms with van der Waals surface area (Å²) in [5, 5.41) is 7.21. The number of hydrogen-bond donors (Lipinski definition) is 4. The molecule has 0 bridgehead atoms. The van der Waals surface area contributed by atoms with Gasteiger partial charge in [-0.05, 0) is 49.3 Å². The molecule has 3 aliphatic heterocycles. The second-order valence-corrected chi connectivity index (χ2v) is 10.2. The van der Waals surface area contributed by atoms with E-state index in [4.69, 9.17) is 0 Å². The first-order valence-electron chi connectivity index (χ1n) is 10.9. The second kappa shape index (κ2) is 8.13. The first kappa shape index (κ1) is 21.4. The summed E-state index contributed by atoms with van der Waals surface area (Å²) < 4.78 is 42.8. The van der Waals surface area contributed by atoms with Gasteiger partial charge in [0.05, 0.1) is 5.69 Å². The van der Waals surface area contributed by atoms with Crippen LogP contribution in [0.1, 0.15) is 42.9 Å². The van der Waals surface area contributed by atoms with Crippen LogP contribution in [-0.2, 0) is 11.3 Å². The first-order valence-corrected chi connectivity index (χ1v) is 11.8. The molecule has 0 aromatic heterocycles. The van der Waals surface area contributed by atoms with Gasteiger partial charge < -0.3 is 16.1 Å². The molecule has 5 atom stereocenters. The molecule has 31 heavy (non-hydrogen) atoms. The molecule has 170 valence electrons. The Morgan fingerprint density at radius 2 is 2.06 bits per heavy atom. The monoisotopic (exact) mass is 455 g/mol. The third kappa shape index (κ3) is 4.27. The molecule has 6 nitrogen and oxygen atoms in total. The number of para-hydroxylation sites is 1. The lowest BCUT2D eigenvalue weighted by Crippen LogP contribution is -2.54. The van der Waals surface area contributed by atoms with Crippen LogP contribution in [0.2, 0.25) is 0 Å². The van der Waals surface area contributed by atoms with Crippen LogP contribution in [0, 0.1) is 11.8 Å². The van der Waals surface area contributed by atoms with Crippen molar-refractivity contribution in [2.75, 3.05) is 19.0 Å². The fourth-order valence-corrected chi connectivity index (χ4v) is 6.48. The van der Waals surface area contributed by atoms with Gasteiger partial charge in [0.25, 0.3) is 0 Å². The van der Waals surface area contributed by atoms with E-state index in [0.29, 0.717) is 12.3 Å². The molecule has 1 aromatic rings. The van der Waals surface area contributed by atoms with Crippen LogP contribution in [0.5, 0.6) is 0 Å². The lowest BCUT2D eigenvalue weighted by atomic mass is 9.85. The minimum atomic E-state index is -4.29. The Bertz CT molecular complexity index is 849. The van der Waals surface area contributed by atoms with Crippen LogP contribution in [0.25, 0.3) is 0 Å². The van der Waals surface area contributed by atoms with E-state index < -0.39 is 18.3 Å². The predicted molar refractivity (Wildman–Crippen MR) is 114 cm³/mol. The summed E-state index contributed by atoms with van der Waals surface area (Å²) >= 11 is 1.43. The summed E-state index contributed by atoms with van der Waals surface area (Å²) in [7, 11) is 2.00. The highest BCUT2D eigenvalue weighted by Gasteiger charge is 2.51. The van der Waals surface area contributed by atoms with Gasteiger partial charge in [0.1, 0.15) is 11.3 Å². The Morgan fingerprint density at radius 1 is 1.26 bits per heavy atom. The molecule has 4 N–H and O–H groups in total. The molecule has 0 spiro atoms. The standard InChI is InChI=1S/C21H28F3N5OS/c1-29-10-12-3-2-4-14(17(12)27-29)18-16(11-5-6-11)19(31-28-18)20(30)26-13-7-8-25-15(9-13)21(22,23)24/h2-4,11,13,15-16,18-19,25,27-28H,5-10H2,1H3,(H,26,30). The number of nitrogens with one attached hydrogen (secondary N) is 4. The fraction of sp³-hybridized carbons (Fsp3) is 0.667. The third-order valence-electron chi connectivity index (χ3n) is 6.85. The van der Waals surface area contributed by atoms with E-state index in [1.165, 1.54) is 23.1 Å². The van der Waals surface area contributed by atoms with Crippen LogP contribution >= 0.6 is 11.9 Å². The van der Waals surface area contributed by atoms with Crippen LogP contribution in [0.15, 0.2) is 18.2 Å². The second-order valence-electron chi connectivity index (χ2n) is 9.18. The first-order chi connectivity index (χ1) is 14.8. The zero-order chi connectivity index (χ0) is 21.8. The van der Waals surface area contributed by atoms with Gasteiger partial charge in [-0.25, -0.2) is 5.01 Å². The minimum Gasteiger partial charge on any atom is -0.352 e. The van der Waals surface area contributed by atoms with Crippen molar-refractivity contribution in [3.8, 4) is 0 Å². The molecule has 1 saturated carbocycles. The van der Waals surface area contributed by atoms with Crippen LogP contribution in [-0.4, -0.2) is 48.0 Å². The van der Waals surface area contributed by atoms with Gasteiger partial charge in [0.2, 0.25) is 5.91 Å². The number of carbonyl (C=O) groups excluding carboxylic acids is 1. The number of carbonyl (C=O) groups is 1. The van der Waals surface area contributed by atoms with E-state index in [1.807, 2.05) is 12.1 Å². The molecule has 0 radical (unpaired) electrons. The summed E-state index contributed by atoms with van der Waals surface area (Å²) in [6.45, 7) is 1.09. The van der Waals surface area contributed by atoms with Gasteiger partial charge >= 0.3 is 6.18 Å². The molecule has 1 aromatic carbocycles. The average Bonchev–Trinajstić information content (AvgIpc) is 3.34. The lowest BCUT2D eigenvalue weighted by Gasteiger charge is -2.33. The molecular weight excluding hydrogens is 427 g/mol. The Balaban J connectivity index is 1.31. The number of hydrogen-bond acceptors (Lipinski definition) is 6. The van der Waals surface area contributed by atoms with Gasteiger partial charge in [-0.1, -0.05) is 30.1 Å². The maximum Gasteiger partial charge on any atom is 0.403 e. The summed E-state index contributed by atoms with van der Waals surface area (Å²) in [5.74, 6) is 0.459. The van der Waals surface area contributed by atoms with Gasteiger partial charge in [0.15, 0.2) is 0 Å². The number of piperidine rings is 1. The predicted octanol–water partition coefficient (Wildman–Crippen LogP) is 2.95. The number of benzene rings is 1. The van der Waals surface area contributed by atoms with E-state index in [2.05, 4.69) is 39.0 Å². The summed E-state index contributed by atoms with van der Waals surface area (Å²) in [4.78, 5) is 13.2. The van der Waals surface area contributed by atoms with Crippen LogP contribution in [0.3, 0.4) is 0 Å². The number of anilines is 1. The van der Waals surface area contributed by atoms with E-state index in [9.17, 15) is 18.0 Å².